The van der Waals surface area contributed by atoms with Crippen LogP contribution in [0.3, 0.4) is 0 Å². The summed E-state index contributed by atoms with van der Waals surface area (Å²) in [5, 5.41) is 3.39. The van der Waals surface area contributed by atoms with Gasteiger partial charge in [0.25, 0.3) is 0 Å². The van der Waals surface area contributed by atoms with Crippen LogP contribution in [0.4, 0.5) is 10.1 Å². The summed E-state index contributed by atoms with van der Waals surface area (Å²) >= 11 is 0. The molecule has 1 N–H and O–H groups in total. The minimum Gasteiger partial charge on any atom is -0.368 e. The number of nitrogens with one attached hydrogen (secondary N) is 1. The van der Waals surface area contributed by atoms with E-state index < -0.39 is 0 Å². The molecular formula is C17H21FN2. The van der Waals surface area contributed by atoms with Crippen LogP contribution in [-0.4, -0.2) is 19.6 Å². The van der Waals surface area contributed by atoms with E-state index >= 15 is 0 Å². The van der Waals surface area contributed by atoms with Crippen LogP contribution in [0.5, 0.6) is 0 Å². The van der Waals surface area contributed by atoms with Crippen LogP contribution in [0.1, 0.15) is 12.5 Å². The molecule has 0 aromatic heterocycles. The van der Waals surface area contributed by atoms with Gasteiger partial charge in [0.1, 0.15) is 5.82 Å². The second-order valence-electron chi connectivity index (χ2n) is 4.69. The van der Waals surface area contributed by atoms with Crippen molar-refractivity contribution < 1.29 is 4.39 Å². The van der Waals surface area contributed by atoms with Gasteiger partial charge in [-0.25, -0.2) is 4.39 Å². The van der Waals surface area contributed by atoms with E-state index in [1.165, 1.54) is 11.6 Å². The van der Waals surface area contributed by atoms with Gasteiger partial charge in [-0.15, -0.1) is 0 Å². The topological polar surface area (TPSA) is 15.3 Å². The molecule has 0 saturated carbocycles. The smallest absolute Gasteiger partial charge is 0.146 e. The summed E-state index contributed by atoms with van der Waals surface area (Å²) in [7, 11) is 0. The standard InChI is InChI=1S/C17H21FN2/c1-2-20(17-11-7-6-10-16(17)18)13-12-19-14-15-8-4-3-5-9-15/h3-11,19H,2,12-14H2,1H3. The first-order valence-electron chi connectivity index (χ1n) is 7.05. The Labute approximate surface area is 120 Å². The normalized spacial score (nSPS) is 10.5. The van der Waals surface area contributed by atoms with Gasteiger partial charge in [-0.3, -0.25) is 0 Å². The fourth-order valence-electron chi connectivity index (χ4n) is 2.20. The van der Waals surface area contributed by atoms with E-state index in [4.69, 9.17) is 0 Å². The third kappa shape index (κ3) is 4.07. The lowest BCUT2D eigenvalue weighted by molar-refractivity contribution is 0.609. The first-order valence-corrected chi connectivity index (χ1v) is 7.05. The molecule has 0 unspecified atom stereocenters. The van der Waals surface area contributed by atoms with Gasteiger partial charge in [0.15, 0.2) is 0 Å². The van der Waals surface area contributed by atoms with Gasteiger partial charge in [0, 0.05) is 26.2 Å². The Hall–Kier alpha value is -1.87. The second-order valence-corrected chi connectivity index (χ2v) is 4.69. The minimum atomic E-state index is -0.155. The molecule has 0 amide bonds. The number of likely N-dealkylation sites (N-methyl/N-ethyl adjacent to an activating group) is 1. The van der Waals surface area contributed by atoms with Crippen LogP contribution in [0.15, 0.2) is 54.6 Å². The van der Waals surface area contributed by atoms with Crippen molar-refractivity contribution in [3.63, 3.8) is 0 Å². The number of rotatable bonds is 7. The van der Waals surface area contributed by atoms with Crippen molar-refractivity contribution in [3.8, 4) is 0 Å². The van der Waals surface area contributed by atoms with E-state index in [1.54, 1.807) is 6.07 Å². The number of anilines is 1. The van der Waals surface area contributed by atoms with Crippen molar-refractivity contribution in [2.24, 2.45) is 0 Å². The molecule has 3 heteroatoms. The highest BCUT2D eigenvalue weighted by molar-refractivity contribution is 5.47. The molecule has 0 spiro atoms. The van der Waals surface area contributed by atoms with Crippen molar-refractivity contribution in [2.75, 3.05) is 24.5 Å². The third-order valence-electron chi connectivity index (χ3n) is 3.31. The zero-order chi connectivity index (χ0) is 14.2. The fraction of sp³-hybridized carbons (Fsp3) is 0.294. The number of hydrogen-bond acceptors (Lipinski definition) is 2. The zero-order valence-electron chi connectivity index (χ0n) is 11.8. The summed E-state index contributed by atoms with van der Waals surface area (Å²) in [6.07, 6.45) is 0. The molecule has 0 radical (unpaired) electrons. The van der Waals surface area contributed by atoms with Crippen LogP contribution < -0.4 is 10.2 Å². The van der Waals surface area contributed by atoms with Gasteiger partial charge < -0.3 is 10.2 Å². The van der Waals surface area contributed by atoms with Crippen molar-refractivity contribution in [2.45, 2.75) is 13.5 Å². The van der Waals surface area contributed by atoms with Crippen LogP contribution in [0.25, 0.3) is 0 Å². The van der Waals surface area contributed by atoms with E-state index in [9.17, 15) is 4.39 Å². The molecule has 0 fully saturated rings. The number of benzene rings is 2. The van der Waals surface area contributed by atoms with Crippen molar-refractivity contribution in [3.05, 3.63) is 66.0 Å². The Kier molecular flexibility index (Phi) is 5.56. The summed E-state index contributed by atoms with van der Waals surface area (Å²) in [6, 6.07) is 17.2. The molecule has 0 atom stereocenters. The number of hydrogen-bond donors (Lipinski definition) is 1. The number of para-hydroxylation sites is 1. The lowest BCUT2D eigenvalue weighted by atomic mass is 10.2. The fourth-order valence-corrected chi connectivity index (χ4v) is 2.20. The SMILES string of the molecule is CCN(CCNCc1ccccc1)c1ccccc1F. The Morgan fingerprint density at radius 2 is 1.70 bits per heavy atom. The van der Waals surface area contributed by atoms with E-state index in [2.05, 4.69) is 17.4 Å². The van der Waals surface area contributed by atoms with Crippen molar-refractivity contribution in [1.82, 2.24) is 5.32 Å². The largest absolute Gasteiger partial charge is 0.368 e. The predicted molar refractivity (Wildman–Crippen MR) is 82.4 cm³/mol. The summed E-state index contributed by atoms with van der Waals surface area (Å²) < 4.78 is 13.7. The first-order chi connectivity index (χ1) is 9.81. The summed E-state index contributed by atoms with van der Waals surface area (Å²) in [4.78, 5) is 2.05. The maximum absolute atomic E-state index is 13.7. The van der Waals surface area contributed by atoms with Gasteiger partial charge >= 0.3 is 0 Å². The number of halogens is 1. The van der Waals surface area contributed by atoms with Crippen molar-refractivity contribution in [1.29, 1.82) is 0 Å². The van der Waals surface area contributed by atoms with E-state index in [1.807, 2.05) is 42.2 Å². The molecule has 0 heterocycles. The van der Waals surface area contributed by atoms with E-state index in [-0.39, 0.29) is 5.82 Å². The summed E-state index contributed by atoms with van der Waals surface area (Å²) in [5.41, 5.74) is 1.94. The molecular weight excluding hydrogens is 251 g/mol. The van der Waals surface area contributed by atoms with E-state index in [0.29, 0.717) is 5.69 Å². The molecule has 2 aromatic rings. The summed E-state index contributed by atoms with van der Waals surface area (Å²) in [6.45, 7) is 5.31. The van der Waals surface area contributed by atoms with Gasteiger partial charge in [0.05, 0.1) is 5.69 Å². The lowest BCUT2D eigenvalue weighted by Crippen LogP contribution is -2.32. The maximum Gasteiger partial charge on any atom is 0.146 e. The molecule has 2 nitrogen and oxygen atoms in total. The molecule has 2 aromatic carbocycles. The highest BCUT2D eigenvalue weighted by Gasteiger charge is 2.08. The van der Waals surface area contributed by atoms with Crippen molar-refractivity contribution >= 4 is 5.69 Å². The van der Waals surface area contributed by atoms with Crippen LogP contribution in [0, 0.1) is 5.82 Å². The minimum absolute atomic E-state index is 0.155. The molecule has 0 bridgehead atoms. The molecule has 0 aliphatic rings. The second kappa shape index (κ2) is 7.65. The van der Waals surface area contributed by atoms with Crippen LogP contribution >= 0.6 is 0 Å². The average molecular weight is 272 g/mol. The molecule has 0 aliphatic heterocycles. The van der Waals surface area contributed by atoms with Gasteiger partial charge in [-0.05, 0) is 24.6 Å². The molecule has 2 rings (SSSR count). The Bertz CT molecular complexity index is 513. The lowest BCUT2D eigenvalue weighted by Gasteiger charge is -2.23. The van der Waals surface area contributed by atoms with Crippen LogP contribution in [0.2, 0.25) is 0 Å². The molecule has 0 saturated heterocycles. The Morgan fingerprint density at radius 1 is 1.00 bits per heavy atom. The number of nitrogens with zero attached hydrogens (tertiary/aromatic N) is 1. The monoisotopic (exact) mass is 272 g/mol. The molecule has 0 aliphatic carbocycles. The Morgan fingerprint density at radius 3 is 2.40 bits per heavy atom. The predicted octanol–water partition coefficient (Wildman–Crippen LogP) is 3.44. The average Bonchev–Trinajstić information content (AvgIpc) is 2.50. The highest BCUT2D eigenvalue weighted by atomic mass is 19.1. The highest BCUT2D eigenvalue weighted by Crippen LogP contribution is 2.17. The van der Waals surface area contributed by atoms with E-state index in [0.717, 1.165) is 26.2 Å². The summed E-state index contributed by atoms with van der Waals surface area (Å²) in [5.74, 6) is -0.155. The van der Waals surface area contributed by atoms with Gasteiger partial charge in [-0.2, -0.15) is 0 Å². The zero-order valence-corrected chi connectivity index (χ0v) is 11.8. The molecule has 106 valence electrons. The first kappa shape index (κ1) is 14.5. The van der Waals surface area contributed by atoms with Gasteiger partial charge in [-0.1, -0.05) is 42.5 Å². The third-order valence-corrected chi connectivity index (χ3v) is 3.31. The Balaban J connectivity index is 1.81. The van der Waals surface area contributed by atoms with Gasteiger partial charge in [0.2, 0.25) is 0 Å². The van der Waals surface area contributed by atoms with Crippen LogP contribution in [-0.2, 0) is 6.54 Å². The molecule has 20 heavy (non-hydrogen) atoms. The quantitative estimate of drug-likeness (QED) is 0.777. The maximum atomic E-state index is 13.7.